The summed E-state index contributed by atoms with van der Waals surface area (Å²) in [5.74, 6) is 0.202. The van der Waals surface area contributed by atoms with Gasteiger partial charge >= 0.3 is 0 Å². The number of nitrogens with zero attached hydrogens (tertiary/aromatic N) is 3. The molecular weight excluding hydrogens is 396 g/mol. The van der Waals surface area contributed by atoms with E-state index in [1.807, 2.05) is 12.1 Å². The number of benzene rings is 2. The number of nitrogens with two attached hydrogens (primary N) is 3. The fourth-order valence-corrected chi connectivity index (χ4v) is 2.61. The number of hydrogen-bond acceptors (Lipinski definition) is 3. The Morgan fingerprint density at radius 2 is 1.92 bits per heavy atom. The Kier molecular flexibility index (Phi) is 4.41. The van der Waals surface area contributed by atoms with E-state index < -0.39 is 0 Å². The van der Waals surface area contributed by atoms with Crippen LogP contribution in [0.1, 0.15) is 0 Å². The van der Waals surface area contributed by atoms with Gasteiger partial charge in [0.05, 0.1) is 16.3 Å². The highest BCUT2D eigenvalue weighted by Crippen LogP contribution is 2.33. The van der Waals surface area contributed by atoms with Gasteiger partial charge in [-0.05, 0) is 36.4 Å². The zero-order valence-corrected chi connectivity index (χ0v) is 14.5. The molecule has 0 atom stereocenters. The fourth-order valence-electron chi connectivity index (χ4n) is 2.05. The summed E-state index contributed by atoms with van der Waals surface area (Å²) < 4.78 is 6.63. The van der Waals surface area contributed by atoms with Gasteiger partial charge in [0, 0.05) is 4.47 Å². The van der Waals surface area contributed by atoms with Crippen LogP contribution in [-0.4, -0.2) is 16.9 Å². The first-order valence-electron chi connectivity index (χ1n) is 6.72. The Morgan fingerprint density at radius 1 is 1.12 bits per heavy atom. The first-order valence-corrected chi connectivity index (χ1v) is 7.89. The summed E-state index contributed by atoms with van der Waals surface area (Å²) in [4.78, 5) is 12.2. The van der Waals surface area contributed by atoms with E-state index in [-0.39, 0.29) is 11.9 Å². The highest BCUT2D eigenvalue weighted by atomic mass is 79.9. The van der Waals surface area contributed by atoms with Crippen LogP contribution in [0.2, 0.25) is 5.02 Å². The molecule has 0 amide bonds. The minimum Gasteiger partial charge on any atom is -0.436 e. The van der Waals surface area contributed by atoms with Crippen molar-refractivity contribution in [2.45, 2.75) is 0 Å². The lowest BCUT2D eigenvalue weighted by molar-refractivity contribution is 0.620. The van der Waals surface area contributed by atoms with Crippen molar-refractivity contribution >= 4 is 56.2 Å². The Morgan fingerprint density at radius 3 is 2.67 bits per heavy atom. The van der Waals surface area contributed by atoms with Crippen LogP contribution < -0.4 is 17.2 Å². The van der Waals surface area contributed by atoms with Crippen molar-refractivity contribution in [1.29, 1.82) is 0 Å². The number of halogens is 2. The molecule has 0 aliphatic rings. The molecule has 24 heavy (non-hydrogen) atoms. The summed E-state index contributed by atoms with van der Waals surface area (Å²) in [6.07, 6.45) is 0. The lowest BCUT2D eigenvalue weighted by Gasteiger charge is -1.99. The minimum absolute atomic E-state index is 0.0481. The Balaban J connectivity index is 2.03. The zero-order valence-electron chi connectivity index (χ0n) is 12.2. The third-order valence-corrected chi connectivity index (χ3v) is 3.84. The van der Waals surface area contributed by atoms with Crippen LogP contribution in [0.3, 0.4) is 0 Å². The van der Waals surface area contributed by atoms with Crippen molar-refractivity contribution in [2.75, 3.05) is 0 Å². The molecule has 0 spiro atoms. The van der Waals surface area contributed by atoms with Crippen LogP contribution in [0.5, 0.6) is 0 Å². The van der Waals surface area contributed by atoms with Gasteiger partial charge in [-0.3, -0.25) is 0 Å². The summed E-state index contributed by atoms with van der Waals surface area (Å²) >= 11 is 9.61. The number of aliphatic imine (C=N–C) groups is 2. The van der Waals surface area contributed by atoms with E-state index in [0.717, 1.165) is 4.47 Å². The molecule has 0 aliphatic carbocycles. The minimum atomic E-state index is -0.162. The highest BCUT2D eigenvalue weighted by molar-refractivity contribution is 9.10. The topological polar surface area (TPSA) is 129 Å². The number of aromatic nitrogens is 1. The standard InChI is InChI=1S/C15H12BrClN6O/c16-7-1-3-10(17)9(5-7)13-22-11-6-8(2-4-12(11)24-13)21-15(20)23-14(18)19/h1-6H,(H6,18,19,20,21,23). The molecule has 0 unspecified atom stereocenters. The molecule has 7 nitrogen and oxygen atoms in total. The Labute approximate surface area is 150 Å². The van der Waals surface area contributed by atoms with Gasteiger partial charge in [0.15, 0.2) is 11.5 Å². The zero-order chi connectivity index (χ0) is 17.3. The molecule has 0 fully saturated rings. The summed E-state index contributed by atoms with van der Waals surface area (Å²) in [5, 5.41) is 0.542. The normalized spacial score (nSPS) is 11.7. The second kappa shape index (κ2) is 6.50. The number of fused-ring (bicyclic) bond motifs is 1. The average Bonchev–Trinajstić information content (AvgIpc) is 2.91. The SMILES string of the molecule is NC(N)=NC(N)=Nc1ccc2oc(-c3cc(Br)ccc3Cl)nc2c1. The van der Waals surface area contributed by atoms with Gasteiger partial charge in [-0.1, -0.05) is 27.5 Å². The maximum atomic E-state index is 6.21. The predicted octanol–water partition coefficient (Wildman–Crippen LogP) is 3.13. The van der Waals surface area contributed by atoms with Crippen LogP contribution in [0.4, 0.5) is 5.69 Å². The third kappa shape index (κ3) is 3.50. The molecular formula is C15H12BrClN6O. The third-order valence-electron chi connectivity index (χ3n) is 3.02. The molecule has 6 N–H and O–H groups in total. The molecule has 3 aromatic rings. The van der Waals surface area contributed by atoms with Gasteiger partial charge in [0.1, 0.15) is 5.52 Å². The van der Waals surface area contributed by atoms with Gasteiger partial charge in [-0.25, -0.2) is 9.98 Å². The maximum Gasteiger partial charge on any atom is 0.228 e. The Hall–Kier alpha value is -2.58. The van der Waals surface area contributed by atoms with Crippen molar-refractivity contribution in [1.82, 2.24) is 4.98 Å². The number of rotatable bonds is 2. The highest BCUT2D eigenvalue weighted by Gasteiger charge is 2.12. The van der Waals surface area contributed by atoms with Crippen molar-refractivity contribution in [3.63, 3.8) is 0 Å². The van der Waals surface area contributed by atoms with E-state index in [0.29, 0.717) is 33.3 Å². The molecule has 122 valence electrons. The lowest BCUT2D eigenvalue weighted by Crippen LogP contribution is -2.26. The van der Waals surface area contributed by atoms with Crippen molar-refractivity contribution in [3.8, 4) is 11.5 Å². The van der Waals surface area contributed by atoms with Gasteiger partial charge in [0.25, 0.3) is 0 Å². The number of guanidine groups is 2. The average molecular weight is 408 g/mol. The molecule has 0 aliphatic heterocycles. The maximum absolute atomic E-state index is 6.21. The van der Waals surface area contributed by atoms with Crippen LogP contribution in [0, 0.1) is 0 Å². The van der Waals surface area contributed by atoms with E-state index in [1.54, 1.807) is 24.3 Å². The second-order valence-electron chi connectivity index (χ2n) is 4.80. The van der Waals surface area contributed by atoms with Crippen molar-refractivity contribution < 1.29 is 4.42 Å². The van der Waals surface area contributed by atoms with Gasteiger partial charge in [0.2, 0.25) is 11.9 Å². The smallest absolute Gasteiger partial charge is 0.228 e. The fraction of sp³-hybridized carbons (Fsp3) is 0. The molecule has 2 aromatic carbocycles. The molecule has 9 heteroatoms. The van der Waals surface area contributed by atoms with E-state index in [4.69, 9.17) is 33.2 Å². The Bertz CT molecular complexity index is 977. The molecule has 0 radical (unpaired) electrons. The quantitative estimate of drug-likeness (QED) is 0.444. The summed E-state index contributed by atoms with van der Waals surface area (Å²) in [7, 11) is 0. The number of hydrogen-bond donors (Lipinski definition) is 3. The van der Waals surface area contributed by atoms with Gasteiger partial charge in [-0.2, -0.15) is 4.99 Å². The summed E-state index contributed by atoms with van der Waals surface area (Å²) in [5.41, 5.74) is 18.6. The summed E-state index contributed by atoms with van der Waals surface area (Å²) in [6.45, 7) is 0. The largest absolute Gasteiger partial charge is 0.436 e. The first kappa shape index (κ1) is 16.3. The van der Waals surface area contributed by atoms with Crippen LogP contribution in [0.25, 0.3) is 22.6 Å². The van der Waals surface area contributed by atoms with Crippen LogP contribution in [-0.2, 0) is 0 Å². The van der Waals surface area contributed by atoms with Crippen LogP contribution >= 0.6 is 27.5 Å². The first-order chi connectivity index (χ1) is 11.4. The molecule has 1 heterocycles. The molecule has 0 bridgehead atoms. The number of oxazole rings is 1. The molecule has 0 saturated carbocycles. The van der Waals surface area contributed by atoms with E-state index in [9.17, 15) is 0 Å². The van der Waals surface area contributed by atoms with Crippen molar-refractivity contribution in [2.24, 2.45) is 27.2 Å². The molecule has 3 rings (SSSR count). The van der Waals surface area contributed by atoms with Crippen molar-refractivity contribution in [3.05, 3.63) is 45.9 Å². The van der Waals surface area contributed by atoms with E-state index in [1.165, 1.54) is 0 Å². The molecule has 1 aromatic heterocycles. The van der Waals surface area contributed by atoms with Gasteiger partial charge < -0.3 is 21.6 Å². The lowest BCUT2D eigenvalue weighted by atomic mass is 10.2. The monoisotopic (exact) mass is 406 g/mol. The van der Waals surface area contributed by atoms with E-state index in [2.05, 4.69) is 30.9 Å². The molecule has 0 saturated heterocycles. The van der Waals surface area contributed by atoms with Crippen LogP contribution in [0.15, 0.2) is 55.3 Å². The summed E-state index contributed by atoms with van der Waals surface area (Å²) in [6, 6.07) is 10.6. The predicted molar refractivity (Wildman–Crippen MR) is 99.2 cm³/mol. The van der Waals surface area contributed by atoms with Gasteiger partial charge in [-0.15, -0.1) is 0 Å². The second-order valence-corrected chi connectivity index (χ2v) is 6.12. The van der Waals surface area contributed by atoms with E-state index >= 15 is 0 Å².